The maximum absolute atomic E-state index is 5.95. The molecule has 0 atom stereocenters. The summed E-state index contributed by atoms with van der Waals surface area (Å²) in [5, 5.41) is 0. The number of pyridine rings is 1. The van der Waals surface area contributed by atoms with Crippen molar-refractivity contribution in [2.45, 2.75) is 46.8 Å². The molecule has 27 heavy (non-hydrogen) atoms. The van der Waals surface area contributed by atoms with Crippen molar-refractivity contribution < 1.29 is 4.74 Å². The molecule has 2 heterocycles. The van der Waals surface area contributed by atoms with Gasteiger partial charge in [-0.3, -0.25) is 0 Å². The van der Waals surface area contributed by atoms with Gasteiger partial charge >= 0.3 is 0 Å². The zero-order chi connectivity index (χ0) is 19.4. The van der Waals surface area contributed by atoms with Crippen LogP contribution < -0.4 is 4.90 Å². The van der Waals surface area contributed by atoms with Gasteiger partial charge in [0.05, 0.1) is 23.2 Å². The highest BCUT2D eigenvalue weighted by molar-refractivity contribution is 5.80. The lowest BCUT2D eigenvalue weighted by Gasteiger charge is -2.21. The van der Waals surface area contributed by atoms with Gasteiger partial charge < -0.3 is 14.2 Å². The zero-order valence-electron chi connectivity index (χ0n) is 17.1. The molecule has 0 aliphatic heterocycles. The smallest absolute Gasteiger partial charge is 0.142 e. The van der Waals surface area contributed by atoms with Crippen LogP contribution >= 0.6 is 0 Å². The van der Waals surface area contributed by atoms with Gasteiger partial charge in [0.15, 0.2) is 0 Å². The van der Waals surface area contributed by atoms with Crippen LogP contribution in [0.4, 0.5) is 5.82 Å². The Kier molecular flexibility index (Phi) is 5.80. The van der Waals surface area contributed by atoms with E-state index in [9.17, 15) is 0 Å². The van der Waals surface area contributed by atoms with E-state index in [2.05, 4.69) is 79.4 Å². The summed E-state index contributed by atoms with van der Waals surface area (Å²) in [5.74, 6) is 1.94. The molecule has 3 rings (SSSR count). The van der Waals surface area contributed by atoms with E-state index in [-0.39, 0.29) is 5.60 Å². The fraction of sp³-hybridized carbons (Fsp3) is 0.455. The molecule has 0 amide bonds. The number of rotatable bonds is 7. The average Bonchev–Trinajstić information content (AvgIpc) is 3.01. The van der Waals surface area contributed by atoms with E-state index < -0.39 is 0 Å². The van der Waals surface area contributed by atoms with Gasteiger partial charge in [-0.2, -0.15) is 0 Å². The van der Waals surface area contributed by atoms with Gasteiger partial charge in [-0.1, -0.05) is 12.1 Å². The number of para-hydroxylation sites is 2. The SMILES string of the molecule is CCN(CC)c1ccc(-c2nc3ccccc3n2CCOC(C)(C)C)cn1. The molecule has 0 radical (unpaired) electrons. The van der Waals surface area contributed by atoms with Gasteiger partial charge in [-0.25, -0.2) is 9.97 Å². The van der Waals surface area contributed by atoms with Crippen molar-refractivity contribution in [1.82, 2.24) is 14.5 Å². The van der Waals surface area contributed by atoms with Crippen molar-refractivity contribution in [2.24, 2.45) is 0 Å². The molecule has 2 aromatic heterocycles. The number of anilines is 1. The van der Waals surface area contributed by atoms with Crippen molar-refractivity contribution in [3.8, 4) is 11.4 Å². The molecule has 0 aliphatic rings. The first-order valence-electron chi connectivity index (χ1n) is 9.73. The topological polar surface area (TPSA) is 43.2 Å². The molecular weight excluding hydrogens is 336 g/mol. The average molecular weight is 367 g/mol. The van der Waals surface area contributed by atoms with E-state index in [1.54, 1.807) is 0 Å². The minimum absolute atomic E-state index is 0.149. The summed E-state index contributed by atoms with van der Waals surface area (Å²) in [7, 11) is 0. The Morgan fingerprint density at radius 1 is 1.04 bits per heavy atom. The van der Waals surface area contributed by atoms with Crippen LogP contribution in [0.1, 0.15) is 34.6 Å². The van der Waals surface area contributed by atoms with E-state index in [0.29, 0.717) is 6.61 Å². The minimum atomic E-state index is -0.149. The number of benzene rings is 1. The predicted molar refractivity (Wildman–Crippen MR) is 112 cm³/mol. The van der Waals surface area contributed by atoms with E-state index in [1.807, 2.05) is 12.3 Å². The lowest BCUT2D eigenvalue weighted by Crippen LogP contribution is -2.23. The van der Waals surface area contributed by atoms with Gasteiger partial charge in [0, 0.05) is 31.4 Å². The monoisotopic (exact) mass is 366 g/mol. The van der Waals surface area contributed by atoms with E-state index in [4.69, 9.17) is 9.72 Å². The molecule has 144 valence electrons. The highest BCUT2D eigenvalue weighted by atomic mass is 16.5. The van der Waals surface area contributed by atoms with E-state index in [1.165, 1.54) is 0 Å². The summed E-state index contributed by atoms with van der Waals surface area (Å²) in [6.45, 7) is 13.8. The van der Waals surface area contributed by atoms with Crippen molar-refractivity contribution >= 4 is 16.9 Å². The molecule has 0 saturated carbocycles. The minimum Gasteiger partial charge on any atom is -0.374 e. The first-order chi connectivity index (χ1) is 12.9. The Bertz CT molecular complexity index is 873. The molecule has 5 nitrogen and oxygen atoms in total. The Morgan fingerprint density at radius 3 is 2.41 bits per heavy atom. The number of aromatic nitrogens is 3. The number of fused-ring (bicyclic) bond motifs is 1. The highest BCUT2D eigenvalue weighted by Gasteiger charge is 2.15. The second kappa shape index (κ2) is 8.09. The van der Waals surface area contributed by atoms with Crippen LogP contribution in [0.5, 0.6) is 0 Å². The lowest BCUT2D eigenvalue weighted by atomic mass is 10.2. The summed E-state index contributed by atoms with van der Waals surface area (Å²) in [6.07, 6.45) is 1.93. The third-order valence-corrected chi connectivity index (χ3v) is 4.60. The predicted octanol–water partition coefficient (Wildman–Crippen LogP) is 4.76. The summed E-state index contributed by atoms with van der Waals surface area (Å²) in [5.41, 5.74) is 3.00. The third kappa shape index (κ3) is 4.48. The molecule has 0 spiro atoms. The molecule has 0 fully saturated rings. The molecule has 1 aromatic carbocycles. The second-order valence-electron chi connectivity index (χ2n) is 7.61. The third-order valence-electron chi connectivity index (χ3n) is 4.60. The van der Waals surface area contributed by atoms with Gasteiger partial charge in [0.25, 0.3) is 0 Å². The van der Waals surface area contributed by atoms with Crippen molar-refractivity contribution in [1.29, 1.82) is 0 Å². The quantitative estimate of drug-likeness (QED) is 0.605. The number of hydrogen-bond donors (Lipinski definition) is 0. The molecule has 0 aliphatic carbocycles. The number of ether oxygens (including phenoxy) is 1. The van der Waals surface area contributed by atoms with Gasteiger partial charge in [0.2, 0.25) is 0 Å². The van der Waals surface area contributed by atoms with Crippen LogP contribution in [-0.2, 0) is 11.3 Å². The fourth-order valence-electron chi connectivity index (χ4n) is 3.22. The van der Waals surface area contributed by atoms with Crippen LogP contribution in [0.25, 0.3) is 22.4 Å². The fourth-order valence-corrected chi connectivity index (χ4v) is 3.22. The standard InChI is InChI=1S/C22H30N4O/c1-6-25(7-2)20-13-12-17(16-23-20)21-24-18-10-8-9-11-19(18)26(21)14-15-27-22(3,4)5/h8-13,16H,6-7,14-15H2,1-5H3. The molecule has 0 unspecified atom stereocenters. The van der Waals surface area contributed by atoms with Crippen LogP contribution in [0.2, 0.25) is 0 Å². The molecule has 0 bridgehead atoms. The first kappa shape index (κ1) is 19.4. The van der Waals surface area contributed by atoms with Crippen LogP contribution in [0, 0.1) is 0 Å². The van der Waals surface area contributed by atoms with Crippen LogP contribution in [0.3, 0.4) is 0 Å². The summed E-state index contributed by atoms with van der Waals surface area (Å²) in [4.78, 5) is 11.8. The maximum Gasteiger partial charge on any atom is 0.142 e. The van der Waals surface area contributed by atoms with Crippen molar-refractivity contribution in [3.63, 3.8) is 0 Å². The first-order valence-corrected chi connectivity index (χ1v) is 9.73. The maximum atomic E-state index is 5.95. The second-order valence-corrected chi connectivity index (χ2v) is 7.61. The molecule has 5 heteroatoms. The Balaban J connectivity index is 1.94. The van der Waals surface area contributed by atoms with Crippen LogP contribution in [-0.4, -0.2) is 39.8 Å². The molecule has 0 saturated heterocycles. The Morgan fingerprint density at radius 2 is 1.78 bits per heavy atom. The summed E-state index contributed by atoms with van der Waals surface area (Å²) < 4.78 is 8.18. The zero-order valence-corrected chi connectivity index (χ0v) is 17.1. The molecule has 3 aromatic rings. The van der Waals surface area contributed by atoms with Crippen molar-refractivity contribution in [2.75, 3.05) is 24.6 Å². The number of nitrogens with zero attached hydrogens (tertiary/aromatic N) is 4. The van der Waals surface area contributed by atoms with Gasteiger partial charge in [-0.15, -0.1) is 0 Å². The largest absolute Gasteiger partial charge is 0.374 e. The lowest BCUT2D eigenvalue weighted by molar-refractivity contribution is -0.00635. The highest BCUT2D eigenvalue weighted by Crippen LogP contribution is 2.26. The number of imidazole rings is 1. The van der Waals surface area contributed by atoms with Gasteiger partial charge in [-0.05, 0) is 58.9 Å². The molecular formula is C22H30N4O. The van der Waals surface area contributed by atoms with Crippen LogP contribution in [0.15, 0.2) is 42.6 Å². The molecule has 0 N–H and O–H groups in total. The Labute approximate surface area is 162 Å². The Hall–Kier alpha value is -2.40. The number of hydrogen-bond acceptors (Lipinski definition) is 4. The van der Waals surface area contributed by atoms with E-state index >= 15 is 0 Å². The summed E-state index contributed by atoms with van der Waals surface area (Å²) >= 11 is 0. The van der Waals surface area contributed by atoms with E-state index in [0.717, 1.165) is 47.9 Å². The van der Waals surface area contributed by atoms with Crippen molar-refractivity contribution in [3.05, 3.63) is 42.6 Å². The van der Waals surface area contributed by atoms with Gasteiger partial charge in [0.1, 0.15) is 11.6 Å². The normalized spacial score (nSPS) is 11.9. The summed E-state index contributed by atoms with van der Waals surface area (Å²) in [6, 6.07) is 12.4.